The molecule has 0 saturated heterocycles. The van der Waals surface area contributed by atoms with E-state index in [2.05, 4.69) is 10.1 Å². The van der Waals surface area contributed by atoms with Gasteiger partial charge in [-0.1, -0.05) is 6.08 Å². The van der Waals surface area contributed by atoms with Crippen molar-refractivity contribution in [1.29, 1.82) is 0 Å². The third-order valence-electron chi connectivity index (χ3n) is 2.85. The average Bonchev–Trinajstić information content (AvgIpc) is 2.28. The second-order valence-electron chi connectivity index (χ2n) is 3.84. The topological polar surface area (TPSA) is 38.3 Å². The summed E-state index contributed by atoms with van der Waals surface area (Å²) in [6.07, 6.45) is 3.83. The molecule has 0 aliphatic heterocycles. The second-order valence-corrected chi connectivity index (χ2v) is 3.84. The van der Waals surface area contributed by atoms with Crippen LogP contribution in [-0.2, 0) is 4.74 Å². The van der Waals surface area contributed by atoms with Crippen LogP contribution in [0, 0.1) is 0 Å². The van der Waals surface area contributed by atoms with Gasteiger partial charge in [0, 0.05) is 0 Å². The van der Waals surface area contributed by atoms with Crippen LogP contribution in [0.15, 0.2) is 23.0 Å². The lowest BCUT2D eigenvalue weighted by atomic mass is 9.85. The third kappa shape index (κ3) is 2.84. The number of alkyl carbamates (subject to hydrolysis) is 1. The summed E-state index contributed by atoms with van der Waals surface area (Å²) >= 11 is 0. The van der Waals surface area contributed by atoms with E-state index in [1.165, 1.54) is 14.0 Å². The van der Waals surface area contributed by atoms with Crippen LogP contribution in [0.5, 0.6) is 0 Å². The van der Waals surface area contributed by atoms with Crippen molar-refractivity contribution in [3.8, 4) is 0 Å². The molecule has 90 valence electrons. The number of ether oxygens (including phenoxy) is 1. The first kappa shape index (κ1) is 12.7. The van der Waals surface area contributed by atoms with Gasteiger partial charge < -0.3 is 10.1 Å². The molecule has 0 spiro atoms. The Morgan fingerprint density at radius 3 is 2.81 bits per heavy atom. The number of carbonyl (C=O) groups excluding carboxylic acids is 1. The molecule has 0 aromatic heterocycles. The van der Waals surface area contributed by atoms with Gasteiger partial charge >= 0.3 is 6.09 Å². The number of allylic oxidation sites excluding steroid dienone is 2. The highest BCUT2D eigenvalue weighted by Crippen LogP contribution is 2.31. The summed E-state index contributed by atoms with van der Waals surface area (Å²) in [7, 11) is 1.32. The SMILES string of the molecule is CC=C1/C(=C(\C)F)CCCC1NC(=O)OC. The molecule has 1 rings (SSSR count). The fourth-order valence-corrected chi connectivity index (χ4v) is 2.09. The molecule has 4 heteroatoms. The highest BCUT2D eigenvalue weighted by molar-refractivity contribution is 5.68. The highest BCUT2D eigenvalue weighted by atomic mass is 19.1. The fraction of sp³-hybridized carbons (Fsp3) is 0.583. The first-order chi connectivity index (χ1) is 7.60. The second kappa shape index (κ2) is 5.68. The summed E-state index contributed by atoms with van der Waals surface area (Å²) in [5.41, 5.74) is 1.59. The molecule has 1 aliphatic carbocycles. The van der Waals surface area contributed by atoms with E-state index in [0.29, 0.717) is 0 Å². The summed E-state index contributed by atoms with van der Waals surface area (Å²) in [4.78, 5) is 11.1. The van der Waals surface area contributed by atoms with Crippen molar-refractivity contribution >= 4 is 6.09 Å². The maximum absolute atomic E-state index is 13.3. The van der Waals surface area contributed by atoms with Crippen LogP contribution in [-0.4, -0.2) is 19.2 Å². The largest absolute Gasteiger partial charge is 0.453 e. The molecule has 0 heterocycles. The Morgan fingerprint density at radius 1 is 1.62 bits per heavy atom. The standard InChI is InChI=1S/C12H18FNO2/c1-4-9-10(8(2)13)6-5-7-11(9)14-12(15)16-3/h4,11H,5-7H2,1-3H3,(H,14,15)/b9-4?,10-8+. The van der Waals surface area contributed by atoms with Gasteiger partial charge in [-0.15, -0.1) is 0 Å². The minimum absolute atomic E-state index is 0.133. The van der Waals surface area contributed by atoms with Crippen molar-refractivity contribution in [2.24, 2.45) is 0 Å². The lowest BCUT2D eigenvalue weighted by Gasteiger charge is -2.28. The zero-order chi connectivity index (χ0) is 12.1. The summed E-state index contributed by atoms with van der Waals surface area (Å²) in [5, 5.41) is 2.72. The van der Waals surface area contributed by atoms with Crippen LogP contribution in [0.4, 0.5) is 9.18 Å². The van der Waals surface area contributed by atoms with Gasteiger partial charge in [0.1, 0.15) is 5.83 Å². The molecule has 0 aromatic rings. The molecule has 1 aliphatic rings. The van der Waals surface area contributed by atoms with Crippen LogP contribution in [0.2, 0.25) is 0 Å². The average molecular weight is 227 g/mol. The van der Waals surface area contributed by atoms with Crippen molar-refractivity contribution in [3.05, 3.63) is 23.0 Å². The third-order valence-corrected chi connectivity index (χ3v) is 2.85. The van der Waals surface area contributed by atoms with Gasteiger partial charge in [-0.3, -0.25) is 0 Å². The number of rotatable bonds is 1. The molecule has 1 unspecified atom stereocenters. The number of amides is 1. The number of hydrogen-bond acceptors (Lipinski definition) is 2. The number of hydrogen-bond donors (Lipinski definition) is 1. The Balaban J connectivity index is 2.86. The normalized spacial score (nSPS) is 26.5. The Hall–Kier alpha value is -1.32. The fourth-order valence-electron chi connectivity index (χ4n) is 2.09. The molecule has 3 nitrogen and oxygen atoms in total. The Labute approximate surface area is 95.4 Å². The van der Waals surface area contributed by atoms with Crippen LogP contribution in [0.25, 0.3) is 0 Å². The number of carbonyl (C=O) groups is 1. The van der Waals surface area contributed by atoms with Crippen molar-refractivity contribution in [3.63, 3.8) is 0 Å². The monoisotopic (exact) mass is 227 g/mol. The molecule has 0 bridgehead atoms. The quantitative estimate of drug-likeness (QED) is 0.747. The molecule has 1 fully saturated rings. The van der Waals surface area contributed by atoms with E-state index in [1.807, 2.05) is 13.0 Å². The van der Waals surface area contributed by atoms with Gasteiger partial charge in [0.15, 0.2) is 0 Å². The van der Waals surface area contributed by atoms with E-state index in [1.54, 1.807) is 0 Å². The van der Waals surface area contributed by atoms with E-state index < -0.39 is 6.09 Å². The van der Waals surface area contributed by atoms with Gasteiger partial charge in [0.2, 0.25) is 0 Å². The lowest BCUT2D eigenvalue weighted by Crippen LogP contribution is -2.38. The number of methoxy groups -OCH3 is 1. The van der Waals surface area contributed by atoms with Gasteiger partial charge in [-0.25, -0.2) is 9.18 Å². The van der Waals surface area contributed by atoms with Gasteiger partial charge in [0.05, 0.1) is 13.2 Å². The van der Waals surface area contributed by atoms with Gasteiger partial charge in [-0.05, 0) is 44.3 Å². The minimum atomic E-state index is -0.470. The maximum atomic E-state index is 13.3. The summed E-state index contributed by atoms with van der Waals surface area (Å²) in [6.45, 7) is 3.31. The van der Waals surface area contributed by atoms with Crippen molar-refractivity contribution in [1.82, 2.24) is 5.32 Å². The van der Waals surface area contributed by atoms with Crippen LogP contribution in [0.3, 0.4) is 0 Å². The van der Waals surface area contributed by atoms with E-state index in [-0.39, 0.29) is 11.9 Å². The molecule has 0 aromatic carbocycles. The zero-order valence-electron chi connectivity index (χ0n) is 9.97. The predicted molar refractivity (Wildman–Crippen MR) is 60.7 cm³/mol. The summed E-state index contributed by atoms with van der Waals surface area (Å²) in [6, 6.07) is -0.133. The first-order valence-electron chi connectivity index (χ1n) is 5.46. The van der Waals surface area contributed by atoms with Crippen LogP contribution >= 0.6 is 0 Å². The Morgan fingerprint density at radius 2 is 2.31 bits per heavy atom. The van der Waals surface area contributed by atoms with Crippen molar-refractivity contribution in [2.45, 2.75) is 39.2 Å². The van der Waals surface area contributed by atoms with Crippen LogP contribution in [0.1, 0.15) is 33.1 Å². The number of halogens is 1. The maximum Gasteiger partial charge on any atom is 0.407 e. The minimum Gasteiger partial charge on any atom is -0.453 e. The molecule has 1 N–H and O–H groups in total. The molecular weight excluding hydrogens is 209 g/mol. The van der Waals surface area contributed by atoms with Crippen molar-refractivity contribution < 1.29 is 13.9 Å². The summed E-state index contributed by atoms with van der Waals surface area (Å²) < 4.78 is 17.9. The molecule has 1 saturated carbocycles. The molecular formula is C12H18FNO2. The Kier molecular flexibility index (Phi) is 4.52. The molecule has 1 atom stereocenters. The van der Waals surface area contributed by atoms with E-state index in [9.17, 15) is 9.18 Å². The smallest absolute Gasteiger partial charge is 0.407 e. The predicted octanol–water partition coefficient (Wildman–Crippen LogP) is 3.08. The van der Waals surface area contributed by atoms with E-state index in [0.717, 1.165) is 30.4 Å². The van der Waals surface area contributed by atoms with Crippen LogP contribution < -0.4 is 5.32 Å². The Bertz CT molecular complexity index is 330. The van der Waals surface area contributed by atoms with E-state index in [4.69, 9.17) is 0 Å². The van der Waals surface area contributed by atoms with E-state index >= 15 is 0 Å². The first-order valence-corrected chi connectivity index (χ1v) is 5.46. The number of nitrogens with one attached hydrogen (secondary N) is 1. The molecule has 1 amide bonds. The zero-order valence-corrected chi connectivity index (χ0v) is 9.97. The van der Waals surface area contributed by atoms with Gasteiger partial charge in [0.25, 0.3) is 0 Å². The summed E-state index contributed by atoms with van der Waals surface area (Å²) in [5.74, 6) is -0.163. The van der Waals surface area contributed by atoms with Crippen molar-refractivity contribution in [2.75, 3.05) is 7.11 Å². The lowest BCUT2D eigenvalue weighted by molar-refractivity contribution is 0.167. The van der Waals surface area contributed by atoms with Gasteiger partial charge in [-0.2, -0.15) is 0 Å². The molecule has 0 radical (unpaired) electrons. The highest BCUT2D eigenvalue weighted by Gasteiger charge is 2.25. The molecule has 16 heavy (non-hydrogen) atoms.